The highest BCUT2D eigenvalue weighted by molar-refractivity contribution is 8.00. The molecule has 1 fully saturated rings. The van der Waals surface area contributed by atoms with Crippen molar-refractivity contribution in [2.24, 2.45) is 5.92 Å². The highest BCUT2D eigenvalue weighted by Gasteiger charge is 2.31. The maximum Gasteiger partial charge on any atom is 0.417 e. The molecule has 0 bridgehead atoms. The van der Waals surface area contributed by atoms with Crippen molar-refractivity contribution in [2.75, 3.05) is 6.54 Å². The van der Waals surface area contributed by atoms with Crippen LogP contribution in [0, 0.1) is 5.92 Å². The Morgan fingerprint density at radius 1 is 1.31 bits per heavy atom. The quantitative estimate of drug-likeness (QED) is 0.791. The lowest BCUT2D eigenvalue weighted by Crippen LogP contribution is -2.35. The Labute approximate surface area is 153 Å². The van der Waals surface area contributed by atoms with Gasteiger partial charge in [-0.1, -0.05) is 31.0 Å². The summed E-state index contributed by atoms with van der Waals surface area (Å²) in [7, 11) is 0. The van der Waals surface area contributed by atoms with Crippen molar-refractivity contribution in [3.63, 3.8) is 0 Å². The van der Waals surface area contributed by atoms with E-state index < -0.39 is 17.0 Å². The number of hydrogen-bond acceptors (Lipinski definition) is 4. The minimum absolute atomic E-state index is 0.135. The van der Waals surface area contributed by atoms with Gasteiger partial charge in [0, 0.05) is 12.7 Å². The third-order valence-corrected chi connectivity index (χ3v) is 5.70. The van der Waals surface area contributed by atoms with Crippen LogP contribution in [0.4, 0.5) is 13.2 Å². The Hall–Kier alpha value is -1.77. The first kappa shape index (κ1) is 19.0. The van der Waals surface area contributed by atoms with Gasteiger partial charge in [0.1, 0.15) is 0 Å². The molecule has 9 heteroatoms. The number of aromatic nitrogens is 3. The fourth-order valence-corrected chi connectivity index (χ4v) is 3.96. The molecule has 2 aromatic rings. The summed E-state index contributed by atoms with van der Waals surface area (Å²) in [6, 6.07) is 2.24. The summed E-state index contributed by atoms with van der Waals surface area (Å²) in [5.74, 6) is 0.387. The molecule has 1 amide bonds. The first-order chi connectivity index (χ1) is 12.3. The number of halogens is 3. The van der Waals surface area contributed by atoms with Crippen LogP contribution in [0.1, 0.15) is 44.6 Å². The van der Waals surface area contributed by atoms with E-state index in [2.05, 4.69) is 15.5 Å². The molecule has 1 N–H and O–H groups in total. The highest BCUT2D eigenvalue weighted by atomic mass is 32.2. The zero-order chi connectivity index (χ0) is 18.7. The molecular weight excluding hydrogens is 365 g/mol. The lowest BCUT2D eigenvalue weighted by Gasteiger charge is -2.22. The summed E-state index contributed by atoms with van der Waals surface area (Å²) < 4.78 is 40.0. The van der Waals surface area contributed by atoms with E-state index in [1.54, 1.807) is 6.92 Å². The topological polar surface area (TPSA) is 59.3 Å². The smallest absolute Gasteiger partial charge is 0.355 e. The first-order valence-electron chi connectivity index (χ1n) is 8.71. The molecule has 2 heterocycles. The third-order valence-electron chi connectivity index (χ3n) is 4.64. The van der Waals surface area contributed by atoms with E-state index in [0.717, 1.165) is 36.9 Å². The van der Waals surface area contributed by atoms with Gasteiger partial charge in [0.25, 0.3) is 0 Å². The molecule has 3 rings (SSSR count). The number of amides is 1. The Morgan fingerprint density at radius 2 is 2.04 bits per heavy atom. The summed E-state index contributed by atoms with van der Waals surface area (Å²) in [5, 5.41) is 10.5. The minimum Gasteiger partial charge on any atom is -0.355 e. The normalized spacial score (nSPS) is 17.4. The average molecular weight is 386 g/mol. The second-order valence-corrected chi connectivity index (χ2v) is 7.94. The van der Waals surface area contributed by atoms with E-state index in [9.17, 15) is 18.0 Å². The van der Waals surface area contributed by atoms with Crippen LogP contribution in [0.3, 0.4) is 0 Å². The summed E-state index contributed by atoms with van der Waals surface area (Å²) in [4.78, 5) is 12.3. The predicted octanol–water partition coefficient (Wildman–Crippen LogP) is 3.93. The molecule has 1 unspecified atom stereocenters. The number of alkyl halides is 3. The average Bonchev–Trinajstić information content (AvgIpc) is 3.02. The van der Waals surface area contributed by atoms with Gasteiger partial charge in [0.2, 0.25) is 5.91 Å². The van der Waals surface area contributed by atoms with Gasteiger partial charge in [-0.3, -0.25) is 9.20 Å². The van der Waals surface area contributed by atoms with Gasteiger partial charge in [-0.2, -0.15) is 13.2 Å². The molecule has 0 saturated heterocycles. The van der Waals surface area contributed by atoms with E-state index in [4.69, 9.17) is 0 Å². The lowest BCUT2D eigenvalue weighted by atomic mass is 9.89. The van der Waals surface area contributed by atoms with Gasteiger partial charge in [-0.05, 0) is 37.8 Å². The monoisotopic (exact) mass is 386 g/mol. The zero-order valence-electron chi connectivity index (χ0n) is 14.4. The zero-order valence-corrected chi connectivity index (χ0v) is 15.2. The van der Waals surface area contributed by atoms with E-state index in [1.807, 2.05) is 0 Å². The van der Waals surface area contributed by atoms with Crippen LogP contribution in [0.15, 0.2) is 23.5 Å². The molecule has 1 aliphatic carbocycles. The molecule has 0 spiro atoms. The maximum atomic E-state index is 12.9. The highest BCUT2D eigenvalue weighted by Crippen LogP contribution is 2.31. The molecule has 0 aromatic carbocycles. The minimum atomic E-state index is -4.44. The van der Waals surface area contributed by atoms with Crippen LogP contribution in [0.5, 0.6) is 0 Å². The number of carbonyl (C=O) groups is 1. The van der Waals surface area contributed by atoms with Crippen LogP contribution in [0.2, 0.25) is 0 Å². The molecule has 1 atom stereocenters. The first-order valence-corrected chi connectivity index (χ1v) is 9.59. The second-order valence-electron chi connectivity index (χ2n) is 6.64. The number of fused-ring (bicyclic) bond motifs is 1. The molecule has 2 aromatic heterocycles. The van der Waals surface area contributed by atoms with Crippen molar-refractivity contribution in [1.29, 1.82) is 0 Å². The van der Waals surface area contributed by atoms with Crippen molar-refractivity contribution < 1.29 is 18.0 Å². The second kappa shape index (κ2) is 7.85. The largest absolute Gasteiger partial charge is 0.417 e. The van der Waals surface area contributed by atoms with Gasteiger partial charge in [-0.25, -0.2) is 0 Å². The number of rotatable bonds is 5. The van der Waals surface area contributed by atoms with Crippen molar-refractivity contribution >= 4 is 23.3 Å². The van der Waals surface area contributed by atoms with Gasteiger partial charge in [0.05, 0.1) is 10.8 Å². The van der Waals surface area contributed by atoms with Gasteiger partial charge in [-0.15, -0.1) is 10.2 Å². The van der Waals surface area contributed by atoms with E-state index in [-0.39, 0.29) is 11.1 Å². The summed E-state index contributed by atoms with van der Waals surface area (Å²) in [5.41, 5.74) is -0.462. The Kier molecular flexibility index (Phi) is 5.74. The fourth-order valence-electron chi connectivity index (χ4n) is 3.11. The standard InChI is InChI=1S/C17H21F3N4OS/c1-11(15(25)21-9-12-5-3-2-4-6-12)26-16-23-22-14-8-7-13(10-24(14)16)17(18,19)20/h7-8,10-12H,2-6,9H2,1H3,(H,21,25). The number of nitrogens with zero attached hydrogens (tertiary/aromatic N) is 3. The Bertz CT molecular complexity index is 771. The molecule has 0 radical (unpaired) electrons. The lowest BCUT2D eigenvalue weighted by molar-refractivity contribution is -0.137. The Morgan fingerprint density at radius 3 is 2.73 bits per heavy atom. The molecule has 1 saturated carbocycles. The van der Waals surface area contributed by atoms with Crippen LogP contribution in [-0.4, -0.2) is 32.3 Å². The molecular formula is C17H21F3N4OS. The van der Waals surface area contributed by atoms with Crippen LogP contribution < -0.4 is 5.32 Å². The molecule has 142 valence electrons. The predicted molar refractivity (Wildman–Crippen MR) is 92.9 cm³/mol. The molecule has 26 heavy (non-hydrogen) atoms. The number of nitrogens with one attached hydrogen (secondary N) is 1. The van der Waals surface area contributed by atoms with Crippen LogP contribution in [0.25, 0.3) is 5.65 Å². The Balaban J connectivity index is 1.64. The van der Waals surface area contributed by atoms with Gasteiger partial charge in [0.15, 0.2) is 10.8 Å². The van der Waals surface area contributed by atoms with E-state index in [0.29, 0.717) is 18.1 Å². The van der Waals surface area contributed by atoms with Crippen molar-refractivity contribution in [3.05, 3.63) is 23.9 Å². The van der Waals surface area contributed by atoms with Gasteiger partial charge >= 0.3 is 6.18 Å². The SMILES string of the molecule is CC(Sc1nnc2ccc(C(F)(F)F)cn12)C(=O)NCC1CCCCC1. The summed E-state index contributed by atoms with van der Waals surface area (Å²) in [6.07, 6.45) is 2.47. The molecule has 1 aliphatic rings. The molecule has 5 nitrogen and oxygen atoms in total. The van der Waals surface area contributed by atoms with E-state index in [1.165, 1.54) is 29.7 Å². The third kappa shape index (κ3) is 4.49. The van der Waals surface area contributed by atoms with Crippen LogP contribution >= 0.6 is 11.8 Å². The number of hydrogen-bond donors (Lipinski definition) is 1. The number of carbonyl (C=O) groups excluding carboxylic acids is 1. The number of thioether (sulfide) groups is 1. The van der Waals surface area contributed by atoms with Crippen molar-refractivity contribution in [2.45, 2.75) is 55.6 Å². The van der Waals surface area contributed by atoms with Crippen LogP contribution in [-0.2, 0) is 11.0 Å². The van der Waals surface area contributed by atoms with Crippen molar-refractivity contribution in [3.8, 4) is 0 Å². The summed E-state index contributed by atoms with van der Waals surface area (Å²) >= 11 is 1.10. The fraction of sp³-hybridized carbons (Fsp3) is 0.588. The number of pyridine rings is 1. The summed E-state index contributed by atoms with van der Waals surface area (Å²) in [6.45, 7) is 2.37. The maximum absolute atomic E-state index is 12.9. The van der Waals surface area contributed by atoms with Crippen molar-refractivity contribution in [1.82, 2.24) is 19.9 Å². The molecule has 0 aliphatic heterocycles. The van der Waals surface area contributed by atoms with E-state index >= 15 is 0 Å². The van der Waals surface area contributed by atoms with Gasteiger partial charge < -0.3 is 5.32 Å².